The Balaban J connectivity index is 3.35. The molecule has 2 heteroatoms. The lowest BCUT2D eigenvalue weighted by Crippen LogP contribution is -2.23. The molecule has 0 aromatic rings. The van der Waals surface area contributed by atoms with Crippen LogP contribution in [0.5, 0.6) is 0 Å². The van der Waals surface area contributed by atoms with Gasteiger partial charge >= 0.3 is 0 Å². The molecule has 16 heavy (non-hydrogen) atoms. The summed E-state index contributed by atoms with van der Waals surface area (Å²) in [6.45, 7) is 7.78. The van der Waals surface area contributed by atoms with E-state index in [9.17, 15) is 9.59 Å². The summed E-state index contributed by atoms with van der Waals surface area (Å²) in [5, 5.41) is 0. The van der Waals surface area contributed by atoms with Crippen LogP contribution in [0.2, 0.25) is 0 Å². The van der Waals surface area contributed by atoms with Crippen molar-refractivity contribution in [1.82, 2.24) is 0 Å². The lowest BCUT2D eigenvalue weighted by molar-refractivity contribution is -0.117. The normalized spacial score (nSPS) is 17.5. The molecule has 0 fully saturated rings. The molecule has 0 amide bonds. The Bertz CT molecular complexity index is 314. The van der Waals surface area contributed by atoms with E-state index in [-0.39, 0.29) is 11.6 Å². The Morgan fingerprint density at radius 1 is 0.562 bits per heavy atom. The van der Waals surface area contributed by atoms with E-state index in [0.29, 0.717) is 25.7 Å². The average Bonchev–Trinajstić information content (AvgIpc) is 2.30. The van der Waals surface area contributed by atoms with Crippen LogP contribution in [0.25, 0.3) is 0 Å². The van der Waals surface area contributed by atoms with Gasteiger partial charge in [0.15, 0.2) is 11.6 Å². The molecule has 2 nitrogen and oxygen atoms in total. The molecule has 1 rings (SSSR count). The van der Waals surface area contributed by atoms with E-state index in [2.05, 4.69) is 0 Å². The molecule has 0 spiro atoms. The minimum absolute atomic E-state index is 0.110. The molecule has 1 aliphatic carbocycles. The molecule has 0 aliphatic heterocycles. The predicted molar refractivity (Wildman–Crippen MR) is 65.2 cm³/mol. The molecule has 0 saturated carbocycles. The molecule has 0 aromatic carbocycles. The monoisotopic (exact) mass is 220 g/mol. The van der Waals surface area contributed by atoms with E-state index in [1.165, 1.54) is 0 Å². The molecule has 88 valence electrons. The lowest BCUT2D eigenvalue weighted by Gasteiger charge is -2.21. The minimum atomic E-state index is 0.110. The van der Waals surface area contributed by atoms with Gasteiger partial charge in [-0.15, -0.1) is 0 Å². The van der Waals surface area contributed by atoms with Crippen LogP contribution in [0.15, 0.2) is 22.3 Å². The summed E-state index contributed by atoms with van der Waals surface area (Å²) in [5.41, 5.74) is 2.95. The van der Waals surface area contributed by atoms with Crippen molar-refractivity contribution >= 4 is 11.6 Å². The fourth-order valence-electron chi connectivity index (χ4n) is 2.41. The van der Waals surface area contributed by atoms with Gasteiger partial charge in [0.25, 0.3) is 0 Å². The van der Waals surface area contributed by atoms with Gasteiger partial charge in [-0.25, -0.2) is 0 Å². The van der Waals surface area contributed by atoms with Crippen LogP contribution < -0.4 is 0 Å². The standard InChI is InChI=1S/C14H20O2/c1-5-9-10(6-2)14(16)12(8-4)11(7-3)13(9)15/h5-8H2,1-4H3. The van der Waals surface area contributed by atoms with E-state index in [4.69, 9.17) is 0 Å². The Kier molecular flexibility index (Phi) is 4.22. The summed E-state index contributed by atoms with van der Waals surface area (Å²) < 4.78 is 0. The number of ketones is 2. The minimum Gasteiger partial charge on any atom is -0.289 e. The van der Waals surface area contributed by atoms with E-state index >= 15 is 0 Å². The van der Waals surface area contributed by atoms with Crippen molar-refractivity contribution in [2.45, 2.75) is 53.4 Å². The SMILES string of the molecule is CCC1=C(CC)C(=O)C(CC)=C(CC)C1=O. The van der Waals surface area contributed by atoms with Gasteiger partial charge in [0, 0.05) is 22.3 Å². The summed E-state index contributed by atoms with van der Waals surface area (Å²) in [5.74, 6) is 0.219. The van der Waals surface area contributed by atoms with Crippen molar-refractivity contribution < 1.29 is 9.59 Å². The topological polar surface area (TPSA) is 34.1 Å². The van der Waals surface area contributed by atoms with Gasteiger partial charge < -0.3 is 0 Å². The van der Waals surface area contributed by atoms with Gasteiger partial charge in [0.05, 0.1) is 0 Å². The highest BCUT2D eigenvalue weighted by atomic mass is 16.1. The Morgan fingerprint density at radius 2 is 0.750 bits per heavy atom. The van der Waals surface area contributed by atoms with E-state index < -0.39 is 0 Å². The summed E-state index contributed by atoms with van der Waals surface area (Å²) in [7, 11) is 0. The first kappa shape index (κ1) is 12.9. The maximum absolute atomic E-state index is 12.2. The van der Waals surface area contributed by atoms with E-state index in [1.54, 1.807) is 0 Å². The van der Waals surface area contributed by atoms with Crippen LogP contribution in [0, 0.1) is 0 Å². The van der Waals surface area contributed by atoms with Gasteiger partial charge in [0.2, 0.25) is 0 Å². The van der Waals surface area contributed by atoms with Gasteiger partial charge in [0.1, 0.15) is 0 Å². The Labute approximate surface area is 97.4 Å². The largest absolute Gasteiger partial charge is 0.289 e. The van der Waals surface area contributed by atoms with Gasteiger partial charge in [-0.2, -0.15) is 0 Å². The fraction of sp³-hybridized carbons (Fsp3) is 0.571. The van der Waals surface area contributed by atoms with Crippen molar-refractivity contribution in [2.24, 2.45) is 0 Å². The third kappa shape index (κ3) is 1.89. The maximum atomic E-state index is 12.2. The first-order valence-corrected chi connectivity index (χ1v) is 6.15. The van der Waals surface area contributed by atoms with Crippen LogP contribution in [-0.4, -0.2) is 11.6 Å². The number of carbonyl (C=O) groups is 2. The fourth-order valence-corrected chi connectivity index (χ4v) is 2.41. The second-order valence-corrected chi connectivity index (χ2v) is 3.99. The third-order valence-electron chi connectivity index (χ3n) is 3.24. The molecule has 0 atom stereocenters. The van der Waals surface area contributed by atoms with E-state index in [0.717, 1.165) is 22.3 Å². The van der Waals surface area contributed by atoms with Crippen molar-refractivity contribution in [3.8, 4) is 0 Å². The number of hydrogen-bond donors (Lipinski definition) is 0. The predicted octanol–water partition coefficient (Wildman–Crippen LogP) is 3.37. The number of carbonyl (C=O) groups excluding carboxylic acids is 2. The van der Waals surface area contributed by atoms with Crippen LogP contribution >= 0.6 is 0 Å². The average molecular weight is 220 g/mol. The van der Waals surface area contributed by atoms with Crippen LogP contribution in [-0.2, 0) is 9.59 Å². The number of hydrogen-bond acceptors (Lipinski definition) is 2. The lowest BCUT2D eigenvalue weighted by atomic mass is 9.80. The second-order valence-electron chi connectivity index (χ2n) is 3.99. The zero-order valence-electron chi connectivity index (χ0n) is 10.6. The van der Waals surface area contributed by atoms with E-state index in [1.807, 2.05) is 27.7 Å². The molecule has 0 heterocycles. The summed E-state index contributed by atoms with van der Waals surface area (Å²) >= 11 is 0. The number of allylic oxidation sites excluding steroid dienone is 4. The third-order valence-corrected chi connectivity index (χ3v) is 3.24. The Hall–Kier alpha value is -1.18. The summed E-state index contributed by atoms with van der Waals surface area (Å²) in [6.07, 6.45) is 2.64. The first-order valence-electron chi connectivity index (χ1n) is 6.15. The van der Waals surface area contributed by atoms with Gasteiger partial charge in [-0.3, -0.25) is 9.59 Å². The van der Waals surface area contributed by atoms with Crippen LogP contribution in [0.4, 0.5) is 0 Å². The van der Waals surface area contributed by atoms with Gasteiger partial charge in [-0.1, -0.05) is 27.7 Å². The van der Waals surface area contributed by atoms with Crippen molar-refractivity contribution in [1.29, 1.82) is 0 Å². The first-order chi connectivity index (χ1) is 7.62. The van der Waals surface area contributed by atoms with Crippen molar-refractivity contribution in [2.75, 3.05) is 0 Å². The zero-order valence-corrected chi connectivity index (χ0v) is 10.6. The highest BCUT2D eigenvalue weighted by Crippen LogP contribution is 2.31. The molecule has 1 aliphatic rings. The number of Topliss-reactive ketones (excluding diaryl/α,β-unsaturated/α-hetero) is 2. The molecular weight excluding hydrogens is 200 g/mol. The maximum Gasteiger partial charge on any atom is 0.185 e. The summed E-state index contributed by atoms with van der Waals surface area (Å²) in [4.78, 5) is 24.4. The van der Waals surface area contributed by atoms with Crippen LogP contribution in [0.1, 0.15) is 53.4 Å². The zero-order chi connectivity index (χ0) is 12.3. The van der Waals surface area contributed by atoms with Gasteiger partial charge in [-0.05, 0) is 25.7 Å². The highest BCUT2D eigenvalue weighted by molar-refractivity contribution is 6.25. The molecule has 0 saturated heterocycles. The van der Waals surface area contributed by atoms with Crippen LogP contribution in [0.3, 0.4) is 0 Å². The molecule has 0 aromatic heterocycles. The van der Waals surface area contributed by atoms with Crippen molar-refractivity contribution in [3.63, 3.8) is 0 Å². The van der Waals surface area contributed by atoms with Crippen molar-refractivity contribution in [3.05, 3.63) is 22.3 Å². The smallest absolute Gasteiger partial charge is 0.185 e. The molecule has 0 N–H and O–H groups in total. The highest BCUT2D eigenvalue weighted by Gasteiger charge is 2.30. The quantitative estimate of drug-likeness (QED) is 0.681. The molecule has 0 bridgehead atoms. The Morgan fingerprint density at radius 3 is 0.875 bits per heavy atom. The molecule has 0 radical (unpaired) electrons. The summed E-state index contributed by atoms with van der Waals surface area (Å²) in [6, 6.07) is 0. The number of rotatable bonds is 4. The second kappa shape index (κ2) is 5.24. The molecule has 0 unspecified atom stereocenters. The molecular formula is C14H20O2.